The van der Waals surface area contributed by atoms with E-state index in [0.29, 0.717) is 23.1 Å². The van der Waals surface area contributed by atoms with Crippen LogP contribution in [-0.2, 0) is 6.54 Å². The van der Waals surface area contributed by atoms with E-state index in [0.717, 1.165) is 25.4 Å². The summed E-state index contributed by atoms with van der Waals surface area (Å²) in [5, 5.41) is 3.60. The number of hydrogen-bond donors (Lipinski definition) is 1. The Morgan fingerprint density at radius 2 is 2.10 bits per heavy atom. The number of rotatable bonds is 4. The van der Waals surface area contributed by atoms with Gasteiger partial charge in [0.2, 0.25) is 0 Å². The van der Waals surface area contributed by atoms with Gasteiger partial charge in [-0.15, -0.1) is 0 Å². The highest BCUT2D eigenvalue weighted by atomic mass is 79.9. The van der Waals surface area contributed by atoms with Gasteiger partial charge in [-0.25, -0.2) is 8.78 Å². The quantitative estimate of drug-likeness (QED) is 0.825. The Hall–Kier alpha value is -0.520. The Morgan fingerprint density at radius 1 is 1.33 bits per heavy atom. The summed E-state index contributed by atoms with van der Waals surface area (Å²) in [6.07, 6.45) is 3.55. The summed E-state index contributed by atoms with van der Waals surface area (Å²) in [5.74, 6) is -0.166. The van der Waals surface area contributed by atoms with E-state index in [1.807, 2.05) is 0 Å². The topological polar surface area (TPSA) is 15.3 Å². The minimum Gasteiger partial charge on any atom is -0.311 e. The highest BCUT2D eigenvalue weighted by molar-refractivity contribution is 9.10. The van der Waals surface area contributed by atoms with Gasteiger partial charge in [0, 0.05) is 37.3 Å². The van der Waals surface area contributed by atoms with Gasteiger partial charge < -0.3 is 5.32 Å². The standard InChI is InChI=1S/C16H21BrF2N2/c1-2-11-7-20-15(10-3-4-10)9-21(11)8-12-14(18)6-5-13(17)16(12)19/h5-6,10-11,15,20H,2-4,7-9H2,1H3. The number of piperazine rings is 1. The van der Waals surface area contributed by atoms with Crippen LogP contribution in [0.3, 0.4) is 0 Å². The van der Waals surface area contributed by atoms with E-state index in [-0.39, 0.29) is 5.56 Å². The first-order chi connectivity index (χ1) is 10.1. The van der Waals surface area contributed by atoms with Crippen LogP contribution in [0.15, 0.2) is 16.6 Å². The number of benzene rings is 1. The second-order valence-electron chi connectivity index (χ2n) is 6.17. The molecule has 2 nitrogen and oxygen atoms in total. The molecule has 1 aliphatic carbocycles. The molecule has 0 amide bonds. The van der Waals surface area contributed by atoms with Crippen molar-refractivity contribution >= 4 is 15.9 Å². The van der Waals surface area contributed by atoms with Crippen LogP contribution in [0.2, 0.25) is 0 Å². The maximum atomic E-state index is 14.2. The van der Waals surface area contributed by atoms with E-state index in [1.165, 1.54) is 25.0 Å². The van der Waals surface area contributed by atoms with Crippen molar-refractivity contribution in [2.24, 2.45) is 5.92 Å². The van der Waals surface area contributed by atoms with Gasteiger partial charge in [0.1, 0.15) is 11.6 Å². The van der Waals surface area contributed by atoms with Crippen LogP contribution in [0.25, 0.3) is 0 Å². The second kappa shape index (κ2) is 6.31. The van der Waals surface area contributed by atoms with Crippen LogP contribution in [0.1, 0.15) is 31.7 Å². The lowest BCUT2D eigenvalue weighted by Crippen LogP contribution is -2.56. The highest BCUT2D eigenvalue weighted by Crippen LogP contribution is 2.35. The van der Waals surface area contributed by atoms with Gasteiger partial charge in [-0.2, -0.15) is 0 Å². The zero-order valence-corrected chi connectivity index (χ0v) is 13.8. The molecule has 116 valence electrons. The Bertz CT molecular complexity index is 519. The van der Waals surface area contributed by atoms with E-state index in [4.69, 9.17) is 0 Å². The normalized spacial score (nSPS) is 27.0. The van der Waals surface area contributed by atoms with E-state index >= 15 is 0 Å². The summed E-state index contributed by atoms with van der Waals surface area (Å²) >= 11 is 3.15. The third kappa shape index (κ3) is 3.30. The molecule has 21 heavy (non-hydrogen) atoms. The van der Waals surface area contributed by atoms with Crippen LogP contribution in [-0.4, -0.2) is 30.1 Å². The summed E-state index contributed by atoms with van der Waals surface area (Å²) in [5.41, 5.74) is 0.180. The fourth-order valence-corrected chi connectivity index (χ4v) is 3.58. The van der Waals surface area contributed by atoms with E-state index in [2.05, 4.69) is 33.1 Å². The molecule has 2 unspecified atom stereocenters. The van der Waals surface area contributed by atoms with Crippen molar-refractivity contribution in [2.45, 2.75) is 44.8 Å². The lowest BCUT2D eigenvalue weighted by atomic mass is 10.0. The molecule has 0 radical (unpaired) electrons. The summed E-state index contributed by atoms with van der Waals surface area (Å²) in [4.78, 5) is 2.24. The van der Waals surface area contributed by atoms with Gasteiger partial charge in [-0.1, -0.05) is 6.92 Å². The summed E-state index contributed by atoms with van der Waals surface area (Å²) in [6.45, 7) is 4.27. The lowest BCUT2D eigenvalue weighted by molar-refractivity contribution is 0.109. The molecule has 0 bridgehead atoms. The van der Waals surface area contributed by atoms with Gasteiger partial charge in [-0.05, 0) is 53.2 Å². The molecule has 0 aromatic heterocycles. The van der Waals surface area contributed by atoms with Gasteiger partial charge >= 0.3 is 0 Å². The van der Waals surface area contributed by atoms with Crippen LogP contribution >= 0.6 is 15.9 Å². The fourth-order valence-electron chi connectivity index (χ4n) is 3.21. The molecule has 1 aromatic rings. The van der Waals surface area contributed by atoms with Crippen molar-refractivity contribution in [3.63, 3.8) is 0 Å². The van der Waals surface area contributed by atoms with Gasteiger partial charge in [0.15, 0.2) is 0 Å². The molecule has 3 rings (SSSR count). The molecule has 2 fully saturated rings. The third-order valence-corrected chi connectivity index (χ3v) is 5.34. The van der Waals surface area contributed by atoms with Crippen LogP contribution in [0.5, 0.6) is 0 Å². The van der Waals surface area contributed by atoms with E-state index in [9.17, 15) is 8.78 Å². The van der Waals surface area contributed by atoms with Gasteiger partial charge in [0.25, 0.3) is 0 Å². The van der Waals surface area contributed by atoms with Crippen LogP contribution < -0.4 is 5.32 Å². The van der Waals surface area contributed by atoms with Crippen molar-refractivity contribution in [3.05, 3.63) is 33.8 Å². The summed E-state index contributed by atoms with van der Waals surface area (Å²) in [6, 6.07) is 3.59. The van der Waals surface area contributed by atoms with Crippen molar-refractivity contribution < 1.29 is 8.78 Å². The molecule has 1 aromatic carbocycles. The van der Waals surface area contributed by atoms with Crippen LogP contribution in [0, 0.1) is 17.6 Å². The zero-order chi connectivity index (χ0) is 15.0. The Morgan fingerprint density at radius 3 is 2.76 bits per heavy atom. The first-order valence-electron chi connectivity index (χ1n) is 7.70. The molecule has 2 aliphatic rings. The average Bonchev–Trinajstić information content (AvgIpc) is 3.32. The van der Waals surface area contributed by atoms with Gasteiger partial charge in [0.05, 0.1) is 4.47 Å². The summed E-state index contributed by atoms with van der Waals surface area (Å²) in [7, 11) is 0. The van der Waals surface area contributed by atoms with Crippen molar-refractivity contribution in [1.82, 2.24) is 10.2 Å². The smallest absolute Gasteiger partial charge is 0.144 e. The zero-order valence-electron chi connectivity index (χ0n) is 12.2. The first kappa shape index (κ1) is 15.4. The maximum Gasteiger partial charge on any atom is 0.144 e. The van der Waals surface area contributed by atoms with Gasteiger partial charge in [-0.3, -0.25) is 4.90 Å². The molecule has 1 aliphatic heterocycles. The SMILES string of the molecule is CCC1CNC(C2CC2)CN1Cc1c(F)ccc(Br)c1F. The molecule has 1 N–H and O–H groups in total. The van der Waals surface area contributed by atoms with E-state index in [1.54, 1.807) is 0 Å². The molecule has 2 atom stereocenters. The predicted molar refractivity (Wildman–Crippen MR) is 83.1 cm³/mol. The monoisotopic (exact) mass is 358 g/mol. The molecule has 5 heteroatoms. The number of nitrogens with one attached hydrogen (secondary N) is 1. The second-order valence-corrected chi connectivity index (χ2v) is 7.02. The molecular formula is C16H21BrF2N2. The van der Waals surface area contributed by atoms with Crippen molar-refractivity contribution in [2.75, 3.05) is 13.1 Å². The molecule has 1 saturated heterocycles. The van der Waals surface area contributed by atoms with Crippen molar-refractivity contribution in [1.29, 1.82) is 0 Å². The fraction of sp³-hybridized carbons (Fsp3) is 0.625. The third-order valence-electron chi connectivity index (χ3n) is 4.73. The maximum absolute atomic E-state index is 14.2. The lowest BCUT2D eigenvalue weighted by Gasteiger charge is -2.40. The summed E-state index contributed by atoms with van der Waals surface area (Å²) < 4.78 is 28.5. The molecule has 1 saturated carbocycles. The predicted octanol–water partition coefficient (Wildman–Crippen LogP) is 3.69. The minimum absolute atomic E-state index is 0.180. The highest BCUT2D eigenvalue weighted by Gasteiger charge is 2.37. The van der Waals surface area contributed by atoms with Crippen LogP contribution in [0.4, 0.5) is 8.78 Å². The molecule has 0 spiro atoms. The Kier molecular flexibility index (Phi) is 4.62. The van der Waals surface area contributed by atoms with Crippen molar-refractivity contribution in [3.8, 4) is 0 Å². The largest absolute Gasteiger partial charge is 0.311 e. The molecular weight excluding hydrogens is 338 g/mol. The van der Waals surface area contributed by atoms with E-state index < -0.39 is 11.6 Å². The average molecular weight is 359 g/mol. The Balaban J connectivity index is 1.79. The number of nitrogens with zero attached hydrogens (tertiary/aromatic N) is 1. The minimum atomic E-state index is -0.466. The Labute approximate surface area is 133 Å². The first-order valence-corrected chi connectivity index (χ1v) is 8.49. The molecule has 1 heterocycles. The number of halogens is 3. The number of hydrogen-bond acceptors (Lipinski definition) is 2.